The Morgan fingerprint density at radius 1 is 1.28 bits per heavy atom. The normalized spacial score (nSPS) is 16.4. The molecular formula is C21H16Cl2N2O2S2. The molecule has 2 aromatic rings. The van der Waals surface area contributed by atoms with Crippen molar-refractivity contribution >= 4 is 57.9 Å². The summed E-state index contributed by atoms with van der Waals surface area (Å²) in [5, 5.41) is 16.2. The van der Waals surface area contributed by atoms with Crippen molar-refractivity contribution in [2.45, 2.75) is 19.8 Å². The summed E-state index contributed by atoms with van der Waals surface area (Å²) in [7, 11) is 0. The number of nitrogens with one attached hydrogen (secondary N) is 1. The molecule has 1 atom stereocenters. The number of Topliss-reactive ketones (excluding diaryl/α,β-unsaturated/α-hetero) is 2. The van der Waals surface area contributed by atoms with Gasteiger partial charge in [0.2, 0.25) is 0 Å². The number of benzene rings is 1. The van der Waals surface area contributed by atoms with Crippen molar-refractivity contribution in [3.63, 3.8) is 0 Å². The van der Waals surface area contributed by atoms with Gasteiger partial charge in [-0.15, -0.1) is 11.3 Å². The lowest BCUT2D eigenvalue weighted by Gasteiger charge is -2.28. The predicted molar refractivity (Wildman–Crippen MR) is 119 cm³/mol. The fourth-order valence-electron chi connectivity index (χ4n) is 3.12. The van der Waals surface area contributed by atoms with E-state index in [9.17, 15) is 14.9 Å². The summed E-state index contributed by atoms with van der Waals surface area (Å²) in [6.45, 7) is 3.31. The third kappa shape index (κ3) is 4.59. The van der Waals surface area contributed by atoms with Crippen LogP contribution in [0.15, 0.2) is 57.6 Å². The zero-order chi connectivity index (χ0) is 21.1. The van der Waals surface area contributed by atoms with Crippen LogP contribution in [0.5, 0.6) is 0 Å². The lowest BCUT2D eigenvalue weighted by Crippen LogP contribution is -2.27. The minimum Gasteiger partial charge on any atom is -0.353 e. The van der Waals surface area contributed by atoms with Crippen molar-refractivity contribution in [2.24, 2.45) is 0 Å². The number of allylic oxidation sites excluding steroid dienone is 3. The standard InChI is InChI=1S/C21H16Cl2N2O2S2/c1-11-19(12(2)26)20(18-4-3-7-28-18)14(9-24)21(25-11)29-10-17(27)13-5-6-15(22)16(23)8-13/h3-8,20,25H,10H2,1-2H3. The fraction of sp³-hybridized carbons (Fsp3) is 0.190. The average molecular weight is 463 g/mol. The van der Waals surface area contributed by atoms with E-state index in [1.54, 1.807) is 12.1 Å². The van der Waals surface area contributed by atoms with Gasteiger partial charge in [0.25, 0.3) is 0 Å². The van der Waals surface area contributed by atoms with E-state index in [-0.39, 0.29) is 17.3 Å². The Morgan fingerprint density at radius 3 is 2.62 bits per heavy atom. The van der Waals surface area contributed by atoms with Crippen LogP contribution in [0.1, 0.15) is 35.0 Å². The molecule has 0 radical (unpaired) electrons. The molecule has 0 saturated heterocycles. The quantitative estimate of drug-likeness (QED) is 0.536. The summed E-state index contributed by atoms with van der Waals surface area (Å²) in [5.74, 6) is -0.532. The molecule has 2 heterocycles. The monoisotopic (exact) mass is 462 g/mol. The summed E-state index contributed by atoms with van der Waals surface area (Å²) >= 11 is 14.6. The van der Waals surface area contributed by atoms with Gasteiger partial charge in [-0.2, -0.15) is 5.26 Å². The highest BCUT2D eigenvalue weighted by atomic mass is 35.5. The number of hydrogen-bond acceptors (Lipinski definition) is 6. The van der Waals surface area contributed by atoms with Gasteiger partial charge in [-0.25, -0.2) is 0 Å². The van der Waals surface area contributed by atoms with E-state index in [1.165, 1.54) is 36.1 Å². The second-order valence-corrected chi connectivity index (χ2v) is 9.14. The third-order valence-corrected chi connectivity index (χ3v) is 7.14. The van der Waals surface area contributed by atoms with Gasteiger partial charge in [-0.05, 0) is 43.5 Å². The molecule has 0 spiro atoms. The Balaban J connectivity index is 1.90. The number of thiophene rings is 1. The summed E-state index contributed by atoms with van der Waals surface area (Å²) < 4.78 is 0. The van der Waals surface area contributed by atoms with Crippen molar-refractivity contribution in [3.8, 4) is 6.07 Å². The molecular weight excluding hydrogens is 447 g/mol. The first kappa shape index (κ1) is 21.7. The van der Waals surface area contributed by atoms with Crippen LogP contribution in [0, 0.1) is 11.3 Å². The highest BCUT2D eigenvalue weighted by Gasteiger charge is 2.33. The number of hydrogen-bond donors (Lipinski definition) is 1. The molecule has 1 aromatic carbocycles. The van der Waals surface area contributed by atoms with Crippen molar-refractivity contribution < 1.29 is 9.59 Å². The molecule has 1 aliphatic rings. The van der Waals surface area contributed by atoms with Gasteiger partial charge in [-0.3, -0.25) is 9.59 Å². The van der Waals surface area contributed by atoms with E-state index in [2.05, 4.69) is 11.4 Å². The number of dihydropyridines is 1. The third-order valence-electron chi connectivity index (χ3n) is 4.44. The van der Waals surface area contributed by atoms with Gasteiger partial charge in [0, 0.05) is 21.7 Å². The summed E-state index contributed by atoms with van der Waals surface area (Å²) in [6.07, 6.45) is 0. The average Bonchev–Trinajstić information content (AvgIpc) is 3.21. The summed E-state index contributed by atoms with van der Waals surface area (Å²) in [6, 6.07) is 10.8. The zero-order valence-corrected chi connectivity index (χ0v) is 18.7. The molecule has 4 nitrogen and oxygen atoms in total. The number of nitrogens with zero attached hydrogens (tertiary/aromatic N) is 1. The van der Waals surface area contributed by atoms with Crippen molar-refractivity contribution in [1.82, 2.24) is 5.32 Å². The number of rotatable bonds is 6. The number of nitriles is 1. The number of ketones is 2. The summed E-state index contributed by atoms with van der Waals surface area (Å²) in [5.41, 5.74) is 2.16. The largest absolute Gasteiger partial charge is 0.353 e. The van der Waals surface area contributed by atoms with Gasteiger partial charge in [0.15, 0.2) is 11.6 Å². The van der Waals surface area contributed by atoms with Crippen molar-refractivity contribution in [3.05, 3.63) is 78.1 Å². The van der Waals surface area contributed by atoms with Crippen LogP contribution in [0.4, 0.5) is 0 Å². The highest BCUT2D eigenvalue weighted by molar-refractivity contribution is 8.03. The zero-order valence-electron chi connectivity index (χ0n) is 15.6. The van der Waals surface area contributed by atoms with Crippen LogP contribution in [0.25, 0.3) is 0 Å². The molecule has 3 rings (SSSR count). The van der Waals surface area contributed by atoms with Crippen LogP contribution in [0.3, 0.4) is 0 Å². The van der Waals surface area contributed by atoms with Gasteiger partial charge in [0.05, 0.1) is 38.4 Å². The van der Waals surface area contributed by atoms with Crippen molar-refractivity contribution in [2.75, 3.05) is 5.75 Å². The number of halogens is 2. The first-order valence-electron chi connectivity index (χ1n) is 8.61. The van der Waals surface area contributed by atoms with Crippen LogP contribution >= 0.6 is 46.3 Å². The minimum absolute atomic E-state index is 0.0860. The lowest BCUT2D eigenvalue weighted by molar-refractivity contribution is -0.113. The maximum absolute atomic E-state index is 12.6. The SMILES string of the molecule is CC(=O)C1=C(C)NC(SCC(=O)c2ccc(Cl)c(Cl)c2)=C(C#N)C1c1cccs1. The molecule has 1 unspecified atom stereocenters. The molecule has 148 valence electrons. The molecule has 29 heavy (non-hydrogen) atoms. The van der Waals surface area contributed by atoms with Gasteiger partial charge >= 0.3 is 0 Å². The van der Waals surface area contributed by atoms with E-state index in [0.717, 1.165) is 4.88 Å². The topological polar surface area (TPSA) is 70.0 Å². The summed E-state index contributed by atoms with van der Waals surface area (Å²) in [4.78, 5) is 25.8. The number of carbonyl (C=O) groups excluding carboxylic acids is 2. The van der Waals surface area contributed by atoms with Gasteiger partial charge in [-0.1, -0.05) is 41.0 Å². The van der Waals surface area contributed by atoms with Gasteiger partial charge in [0.1, 0.15) is 0 Å². The van der Waals surface area contributed by atoms with Crippen LogP contribution < -0.4 is 5.32 Å². The van der Waals surface area contributed by atoms with E-state index < -0.39 is 5.92 Å². The van der Waals surface area contributed by atoms with Crippen molar-refractivity contribution in [1.29, 1.82) is 5.26 Å². The Kier molecular flexibility index (Phi) is 6.86. The number of thioether (sulfide) groups is 1. The molecule has 1 aliphatic heterocycles. The Bertz CT molecular complexity index is 1080. The first-order valence-corrected chi connectivity index (χ1v) is 11.2. The molecule has 0 bridgehead atoms. The number of carbonyl (C=O) groups is 2. The Morgan fingerprint density at radius 2 is 2.03 bits per heavy atom. The molecule has 1 N–H and O–H groups in total. The van der Waals surface area contributed by atoms with E-state index >= 15 is 0 Å². The molecule has 0 saturated carbocycles. The van der Waals surface area contributed by atoms with E-state index in [0.29, 0.717) is 37.5 Å². The van der Waals surface area contributed by atoms with Crippen LogP contribution in [0.2, 0.25) is 10.0 Å². The molecule has 1 aromatic heterocycles. The van der Waals surface area contributed by atoms with E-state index in [4.69, 9.17) is 23.2 Å². The molecule has 0 fully saturated rings. The highest BCUT2D eigenvalue weighted by Crippen LogP contribution is 2.42. The second kappa shape index (κ2) is 9.19. The first-order chi connectivity index (χ1) is 13.8. The predicted octanol–water partition coefficient (Wildman–Crippen LogP) is 5.96. The Hall–Kier alpha value is -2.04. The Labute approximate surface area is 187 Å². The van der Waals surface area contributed by atoms with Crippen LogP contribution in [-0.2, 0) is 4.79 Å². The maximum atomic E-state index is 12.6. The van der Waals surface area contributed by atoms with Crippen LogP contribution in [-0.4, -0.2) is 17.3 Å². The molecule has 0 aliphatic carbocycles. The fourth-order valence-corrected chi connectivity index (χ4v) is 5.25. The lowest BCUT2D eigenvalue weighted by atomic mass is 9.85. The molecule has 8 heteroatoms. The second-order valence-electron chi connectivity index (χ2n) is 6.36. The smallest absolute Gasteiger partial charge is 0.173 e. The minimum atomic E-state index is -0.429. The van der Waals surface area contributed by atoms with Gasteiger partial charge < -0.3 is 5.32 Å². The molecule has 0 amide bonds. The van der Waals surface area contributed by atoms with E-state index in [1.807, 2.05) is 24.4 Å². The maximum Gasteiger partial charge on any atom is 0.173 e.